The third kappa shape index (κ3) is 2.14. The number of ether oxygens (including phenoxy) is 2. The van der Waals surface area contributed by atoms with Gasteiger partial charge in [0.05, 0.1) is 19.9 Å². The van der Waals surface area contributed by atoms with Crippen LogP contribution in [0.1, 0.15) is 0 Å². The highest BCUT2D eigenvalue weighted by atomic mass is 35.5. The minimum Gasteiger partial charge on any atom is -0.493 e. The zero-order chi connectivity index (χ0) is 12.4. The minimum absolute atomic E-state index is 0.404. The number of aromatic nitrogens is 2. The van der Waals surface area contributed by atoms with Gasteiger partial charge in [0.2, 0.25) is 0 Å². The van der Waals surface area contributed by atoms with Crippen molar-refractivity contribution >= 4 is 17.4 Å². The smallest absolute Gasteiger partial charge is 0.170 e. The van der Waals surface area contributed by atoms with Gasteiger partial charge in [-0.05, 0) is 6.07 Å². The number of aromatic amines is 1. The summed E-state index contributed by atoms with van der Waals surface area (Å²) in [5.41, 5.74) is 7.04. The summed E-state index contributed by atoms with van der Waals surface area (Å²) in [5.74, 6) is 1.55. The summed E-state index contributed by atoms with van der Waals surface area (Å²) in [6, 6.07) is 5.15. The number of hydrogen-bond acceptors (Lipinski definition) is 4. The van der Waals surface area contributed by atoms with E-state index in [9.17, 15) is 0 Å². The van der Waals surface area contributed by atoms with E-state index in [4.69, 9.17) is 26.8 Å². The van der Waals surface area contributed by atoms with Crippen molar-refractivity contribution in [1.29, 1.82) is 0 Å². The minimum atomic E-state index is 0.404. The molecule has 0 fully saturated rings. The van der Waals surface area contributed by atoms with Crippen LogP contribution in [0.15, 0.2) is 18.2 Å². The normalized spacial score (nSPS) is 10.3. The lowest BCUT2D eigenvalue weighted by Crippen LogP contribution is -1.93. The van der Waals surface area contributed by atoms with Crippen molar-refractivity contribution in [2.24, 2.45) is 0 Å². The molecular formula is C11H12ClN3O2. The van der Waals surface area contributed by atoms with Gasteiger partial charge in [0, 0.05) is 22.7 Å². The summed E-state index contributed by atoms with van der Waals surface area (Å²) in [6.07, 6.45) is 0. The van der Waals surface area contributed by atoms with Crippen molar-refractivity contribution in [3.05, 3.63) is 23.2 Å². The number of nitrogens with one attached hydrogen (secondary N) is 1. The third-order valence-electron chi connectivity index (χ3n) is 2.33. The van der Waals surface area contributed by atoms with Gasteiger partial charge in [0.1, 0.15) is 5.82 Å². The number of nitrogen functional groups attached to an aromatic ring is 1. The molecule has 0 aliphatic heterocycles. The number of benzene rings is 1. The van der Waals surface area contributed by atoms with Gasteiger partial charge >= 0.3 is 0 Å². The predicted molar refractivity (Wildman–Crippen MR) is 66.6 cm³/mol. The first-order valence-electron chi connectivity index (χ1n) is 4.88. The Morgan fingerprint density at radius 2 is 2.00 bits per heavy atom. The molecule has 6 heteroatoms. The Bertz CT molecular complexity index is 540. The molecule has 2 aromatic rings. The molecule has 0 atom stereocenters. The molecule has 0 saturated heterocycles. The van der Waals surface area contributed by atoms with E-state index in [2.05, 4.69) is 10.2 Å². The molecular weight excluding hydrogens is 242 g/mol. The molecule has 2 rings (SSSR count). The van der Waals surface area contributed by atoms with Crippen LogP contribution in [-0.4, -0.2) is 24.4 Å². The maximum absolute atomic E-state index is 6.01. The van der Waals surface area contributed by atoms with Gasteiger partial charge in [-0.1, -0.05) is 11.6 Å². The summed E-state index contributed by atoms with van der Waals surface area (Å²) < 4.78 is 10.5. The molecule has 0 spiro atoms. The van der Waals surface area contributed by atoms with E-state index in [1.54, 1.807) is 32.4 Å². The Labute approximate surface area is 103 Å². The van der Waals surface area contributed by atoms with Crippen LogP contribution in [0.3, 0.4) is 0 Å². The van der Waals surface area contributed by atoms with Gasteiger partial charge in [-0.2, -0.15) is 5.10 Å². The first-order valence-corrected chi connectivity index (χ1v) is 5.26. The van der Waals surface area contributed by atoms with Crippen LogP contribution >= 0.6 is 11.6 Å². The molecule has 0 saturated carbocycles. The summed E-state index contributed by atoms with van der Waals surface area (Å²) in [7, 11) is 3.12. The van der Waals surface area contributed by atoms with E-state index in [0.29, 0.717) is 22.3 Å². The van der Waals surface area contributed by atoms with Crippen LogP contribution in [0.5, 0.6) is 11.5 Å². The van der Waals surface area contributed by atoms with Crippen molar-refractivity contribution in [3.63, 3.8) is 0 Å². The monoisotopic (exact) mass is 253 g/mol. The Kier molecular flexibility index (Phi) is 3.10. The van der Waals surface area contributed by atoms with Crippen LogP contribution in [0.25, 0.3) is 11.3 Å². The number of methoxy groups -OCH3 is 2. The third-order valence-corrected chi connectivity index (χ3v) is 2.55. The Morgan fingerprint density at radius 1 is 1.24 bits per heavy atom. The van der Waals surface area contributed by atoms with Crippen molar-refractivity contribution < 1.29 is 9.47 Å². The number of H-pyrrole nitrogens is 1. The number of halogens is 1. The molecule has 17 heavy (non-hydrogen) atoms. The number of nitrogens with zero attached hydrogens (tertiary/aromatic N) is 1. The Balaban J connectivity index is 2.63. The topological polar surface area (TPSA) is 73.2 Å². The molecule has 0 radical (unpaired) electrons. The van der Waals surface area contributed by atoms with Crippen molar-refractivity contribution in [2.75, 3.05) is 20.0 Å². The highest BCUT2D eigenvalue weighted by Crippen LogP contribution is 2.40. The summed E-state index contributed by atoms with van der Waals surface area (Å²) in [6.45, 7) is 0. The number of rotatable bonds is 3. The largest absolute Gasteiger partial charge is 0.493 e. The summed E-state index contributed by atoms with van der Waals surface area (Å²) in [5, 5.41) is 7.22. The molecule has 0 unspecified atom stereocenters. The molecule has 0 bridgehead atoms. The van der Waals surface area contributed by atoms with Crippen LogP contribution in [0.2, 0.25) is 5.02 Å². The van der Waals surface area contributed by atoms with Gasteiger partial charge in [-0.3, -0.25) is 5.10 Å². The highest BCUT2D eigenvalue weighted by molar-refractivity contribution is 6.31. The quantitative estimate of drug-likeness (QED) is 0.881. The van der Waals surface area contributed by atoms with E-state index >= 15 is 0 Å². The van der Waals surface area contributed by atoms with Gasteiger partial charge < -0.3 is 15.2 Å². The maximum atomic E-state index is 6.01. The zero-order valence-electron chi connectivity index (χ0n) is 9.45. The Morgan fingerprint density at radius 3 is 2.53 bits per heavy atom. The molecule has 5 nitrogen and oxygen atoms in total. The lowest BCUT2D eigenvalue weighted by Gasteiger charge is -2.12. The molecule has 90 valence electrons. The summed E-state index contributed by atoms with van der Waals surface area (Å²) in [4.78, 5) is 0. The molecule has 0 aliphatic rings. The summed E-state index contributed by atoms with van der Waals surface area (Å²) >= 11 is 6.01. The SMILES string of the molecule is COc1cc(Cl)cc(-c2cc(N)n[nH]2)c1OC. The van der Waals surface area contributed by atoms with Gasteiger partial charge in [0.25, 0.3) is 0 Å². The maximum Gasteiger partial charge on any atom is 0.170 e. The highest BCUT2D eigenvalue weighted by Gasteiger charge is 2.15. The van der Waals surface area contributed by atoms with Crippen molar-refractivity contribution in [2.45, 2.75) is 0 Å². The lowest BCUT2D eigenvalue weighted by molar-refractivity contribution is 0.356. The fraction of sp³-hybridized carbons (Fsp3) is 0.182. The van der Waals surface area contributed by atoms with Crippen molar-refractivity contribution in [1.82, 2.24) is 10.2 Å². The van der Waals surface area contributed by atoms with Gasteiger partial charge in [-0.15, -0.1) is 0 Å². The van der Waals surface area contributed by atoms with Gasteiger partial charge in [0.15, 0.2) is 11.5 Å². The van der Waals surface area contributed by atoms with Crippen LogP contribution in [0.4, 0.5) is 5.82 Å². The van der Waals surface area contributed by atoms with E-state index in [1.165, 1.54) is 0 Å². The molecule has 3 N–H and O–H groups in total. The second kappa shape index (κ2) is 4.55. The van der Waals surface area contributed by atoms with E-state index in [1.807, 2.05) is 0 Å². The first kappa shape index (κ1) is 11.6. The average molecular weight is 254 g/mol. The fourth-order valence-corrected chi connectivity index (χ4v) is 1.81. The van der Waals surface area contributed by atoms with Gasteiger partial charge in [-0.25, -0.2) is 0 Å². The second-order valence-corrected chi connectivity index (χ2v) is 3.83. The van der Waals surface area contributed by atoms with E-state index < -0.39 is 0 Å². The van der Waals surface area contributed by atoms with E-state index in [-0.39, 0.29) is 0 Å². The lowest BCUT2D eigenvalue weighted by atomic mass is 10.1. The van der Waals surface area contributed by atoms with Crippen LogP contribution < -0.4 is 15.2 Å². The predicted octanol–water partition coefficient (Wildman–Crippen LogP) is 2.33. The number of nitrogens with two attached hydrogens (primary N) is 1. The van der Waals surface area contributed by atoms with Crippen LogP contribution in [0, 0.1) is 0 Å². The van der Waals surface area contributed by atoms with Crippen molar-refractivity contribution in [3.8, 4) is 22.8 Å². The first-order chi connectivity index (χ1) is 8.15. The van der Waals surface area contributed by atoms with Crippen LogP contribution in [-0.2, 0) is 0 Å². The van der Waals surface area contributed by atoms with E-state index in [0.717, 1.165) is 11.3 Å². The second-order valence-electron chi connectivity index (χ2n) is 3.40. The molecule has 0 amide bonds. The average Bonchev–Trinajstić information content (AvgIpc) is 2.74. The molecule has 1 aromatic heterocycles. The Hall–Kier alpha value is -1.88. The fourth-order valence-electron chi connectivity index (χ4n) is 1.61. The molecule has 0 aliphatic carbocycles. The number of hydrogen-bond donors (Lipinski definition) is 2. The molecule has 1 aromatic carbocycles. The molecule has 1 heterocycles. The number of anilines is 1. The standard InChI is InChI=1S/C11H12ClN3O2/c1-16-9-4-6(12)3-7(11(9)17-2)8-5-10(13)15-14-8/h3-5H,1-2H3,(H3,13,14,15). The zero-order valence-corrected chi connectivity index (χ0v) is 10.2.